The number of carbonyl (C=O) groups is 3. The van der Waals surface area contributed by atoms with Crippen LogP contribution in [0.5, 0.6) is 5.75 Å². The Labute approximate surface area is 205 Å². The van der Waals surface area contributed by atoms with Gasteiger partial charge in [-0.05, 0) is 62.6 Å². The first kappa shape index (κ1) is 24.5. The Morgan fingerprint density at radius 3 is 2.60 bits per heavy atom. The molecule has 2 aromatic carbocycles. The second-order valence-corrected chi connectivity index (χ2v) is 8.99. The average molecular weight is 481 g/mol. The quantitative estimate of drug-likeness (QED) is 0.607. The number of ether oxygens (including phenoxy) is 2. The third kappa shape index (κ3) is 5.92. The van der Waals surface area contributed by atoms with Crippen LogP contribution in [0.2, 0.25) is 0 Å². The van der Waals surface area contributed by atoms with Crippen molar-refractivity contribution in [1.82, 2.24) is 10.2 Å². The number of carbonyl (C=O) groups excluding carboxylic acids is 3. The van der Waals surface area contributed by atoms with Crippen molar-refractivity contribution in [2.45, 2.75) is 51.4 Å². The predicted octanol–water partition coefficient (Wildman–Crippen LogP) is 3.55. The number of fused-ring (bicyclic) bond motifs is 2. The maximum absolute atomic E-state index is 13.4. The van der Waals surface area contributed by atoms with Crippen molar-refractivity contribution in [2.24, 2.45) is 0 Å². The highest BCUT2D eigenvalue weighted by Crippen LogP contribution is 2.32. The normalized spacial score (nSPS) is 21.5. The van der Waals surface area contributed by atoms with E-state index in [1.165, 1.54) is 0 Å². The lowest BCUT2D eigenvalue weighted by atomic mass is 9.94. The van der Waals surface area contributed by atoms with Crippen LogP contribution in [-0.4, -0.2) is 61.2 Å². The minimum Gasteiger partial charge on any atom is -0.490 e. The van der Waals surface area contributed by atoms with Gasteiger partial charge >= 0.3 is 6.03 Å². The van der Waals surface area contributed by atoms with Crippen LogP contribution in [0, 0.1) is 6.92 Å². The summed E-state index contributed by atoms with van der Waals surface area (Å²) >= 11 is 0. The summed E-state index contributed by atoms with van der Waals surface area (Å²) in [5.74, 6) is 0.187. The number of benzene rings is 2. The Kier molecular flexibility index (Phi) is 7.55. The molecule has 1 fully saturated rings. The smallest absolute Gasteiger partial charge is 0.323 e. The van der Waals surface area contributed by atoms with Gasteiger partial charge in [-0.15, -0.1) is 0 Å². The first-order valence-electron chi connectivity index (χ1n) is 11.9. The molecular weight excluding hydrogens is 448 g/mol. The zero-order valence-electron chi connectivity index (χ0n) is 20.3. The number of urea groups is 1. The zero-order valence-corrected chi connectivity index (χ0v) is 20.3. The number of aryl methyl sites for hydroxylation is 1. The largest absolute Gasteiger partial charge is 0.490 e. The molecule has 2 aromatic rings. The van der Waals surface area contributed by atoms with E-state index in [1.807, 2.05) is 38.1 Å². The number of nitrogens with zero attached hydrogens (tertiary/aromatic N) is 1. The molecule has 2 aliphatic heterocycles. The molecule has 4 rings (SSSR count). The van der Waals surface area contributed by atoms with Crippen LogP contribution < -0.4 is 20.7 Å². The van der Waals surface area contributed by atoms with E-state index in [2.05, 4.69) is 16.0 Å². The maximum atomic E-state index is 13.4. The van der Waals surface area contributed by atoms with Crippen molar-refractivity contribution in [3.8, 4) is 5.75 Å². The third-order valence-corrected chi connectivity index (χ3v) is 6.33. The molecule has 4 amide bonds. The number of hydrogen-bond donors (Lipinski definition) is 3. The molecular formula is C26H32N4O5. The van der Waals surface area contributed by atoms with E-state index in [9.17, 15) is 14.4 Å². The lowest BCUT2D eigenvalue weighted by molar-refractivity contribution is -0.133. The van der Waals surface area contributed by atoms with Crippen molar-refractivity contribution in [1.29, 1.82) is 0 Å². The molecule has 186 valence electrons. The molecule has 0 radical (unpaired) electrons. The SMILES string of the molecule is CCNC(=O)C[C@@H]1CC[C@@H]2[C@@H](COc3ccc(NC(=O)Nc4cccc(C)c4)cc3C(=O)N2C)O1. The summed E-state index contributed by atoms with van der Waals surface area (Å²) in [6, 6.07) is 11.9. The van der Waals surface area contributed by atoms with Gasteiger partial charge in [0.2, 0.25) is 5.91 Å². The molecule has 0 bridgehead atoms. The van der Waals surface area contributed by atoms with Crippen LogP contribution in [-0.2, 0) is 9.53 Å². The second-order valence-electron chi connectivity index (χ2n) is 8.99. The molecule has 35 heavy (non-hydrogen) atoms. The molecule has 0 unspecified atom stereocenters. The minimum atomic E-state index is -0.401. The van der Waals surface area contributed by atoms with Crippen LogP contribution in [0.3, 0.4) is 0 Å². The fourth-order valence-corrected chi connectivity index (χ4v) is 4.60. The monoisotopic (exact) mass is 480 g/mol. The molecule has 2 aliphatic rings. The van der Waals surface area contributed by atoms with E-state index in [-0.39, 0.29) is 36.7 Å². The standard InChI is InChI=1S/C26H32N4O5/c1-4-27-24(31)14-19-9-10-21-23(35-19)15-34-22-11-8-18(13-20(22)25(32)30(21)3)29-26(33)28-17-7-5-6-16(2)12-17/h5-8,11-13,19,21,23H,4,9-10,14-15H2,1-3H3,(H,27,31)(H2,28,29,33)/t19-,21+,23+/m0/s1. The number of nitrogens with one attached hydrogen (secondary N) is 3. The van der Waals surface area contributed by atoms with Crippen LogP contribution in [0.25, 0.3) is 0 Å². The number of anilines is 2. The van der Waals surface area contributed by atoms with Crippen molar-refractivity contribution in [2.75, 3.05) is 30.8 Å². The van der Waals surface area contributed by atoms with E-state index in [0.29, 0.717) is 48.5 Å². The molecule has 1 saturated heterocycles. The highest BCUT2D eigenvalue weighted by Gasteiger charge is 2.39. The summed E-state index contributed by atoms with van der Waals surface area (Å²) in [6.45, 7) is 4.68. The average Bonchev–Trinajstić information content (AvgIpc) is 2.82. The Morgan fingerprint density at radius 1 is 1.09 bits per heavy atom. The molecule has 3 atom stereocenters. The summed E-state index contributed by atoms with van der Waals surface area (Å²) in [7, 11) is 1.76. The lowest BCUT2D eigenvalue weighted by Gasteiger charge is -2.42. The van der Waals surface area contributed by atoms with Gasteiger partial charge in [0.1, 0.15) is 18.5 Å². The summed E-state index contributed by atoms with van der Waals surface area (Å²) in [6.07, 6.45) is 1.16. The van der Waals surface area contributed by atoms with Crippen LogP contribution in [0.1, 0.15) is 42.1 Å². The Hall–Kier alpha value is -3.59. The molecule has 3 N–H and O–H groups in total. The lowest BCUT2D eigenvalue weighted by Crippen LogP contribution is -2.54. The van der Waals surface area contributed by atoms with Gasteiger partial charge in [0.15, 0.2) is 0 Å². The number of rotatable bonds is 5. The van der Waals surface area contributed by atoms with Crippen molar-refractivity contribution >= 4 is 29.2 Å². The van der Waals surface area contributed by atoms with Gasteiger partial charge in [0, 0.05) is 25.0 Å². The highest BCUT2D eigenvalue weighted by atomic mass is 16.5. The molecule has 0 spiro atoms. The first-order valence-corrected chi connectivity index (χ1v) is 11.9. The van der Waals surface area contributed by atoms with Crippen molar-refractivity contribution < 1.29 is 23.9 Å². The van der Waals surface area contributed by atoms with Crippen molar-refractivity contribution in [3.05, 3.63) is 53.6 Å². The van der Waals surface area contributed by atoms with Gasteiger partial charge in [0.25, 0.3) is 5.91 Å². The van der Waals surface area contributed by atoms with Gasteiger partial charge < -0.3 is 30.3 Å². The van der Waals surface area contributed by atoms with E-state index in [4.69, 9.17) is 9.47 Å². The highest BCUT2D eigenvalue weighted by molar-refractivity contribution is 6.02. The number of amides is 4. The zero-order chi connectivity index (χ0) is 24.9. The van der Waals surface area contributed by atoms with E-state index in [0.717, 1.165) is 5.56 Å². The molecule has 0 saturated carbocycles. The number of likely N-dealkylation sites (N-methyl/N-ethyl adjacent to an activating group) is 1. The fourth-order valence-electron chi connectivity index (χ4n) is 4.60. The predicted molar refractivity (Wildman–Crippen MR) is 133 cm³/mol. The van der Waals surface area contributed by atoms with Gasteiger partial charge in [-0.3, -0.25) is 9.59 Å². The van der Waals surface area contributed by atoms with E-state index >= 15 is 0 Å². The van der Waals surface area contributed by atoms with Gasteiger partial charge in [-0.2, -0.15) is 0 Å². The Balaban J connectivity index is 1.45. The molecule has 0 aliphatic carbocycles. The van der Waals surface area contributed by atoms with Crippen LogP contribution in [0.4, 0.5) is 16.2 Å². The first-order chi connectivity index (χ1) is 16.8. The molecule has 0 aromatic heterocycles. The van der Waals surface area contributed by atoms with Crippen LogP contribution >= 0.6 is 0 Å². The molecule has 2 heterocycles. The summed E-state index contributed by atoms with van der Waals surface area (Å²) < 4.78 is 12.2. The van der Waals surface area contributed by atoms with Gasteiger partial charge in [-0.1, -0.05) is 12.1 Å². The summed E-state index contributed by atoms with van der Waals surface area (Å²) in [4.78, 5) is 39.5. The molecule has 9 nitrogen and oxygen atoms in total. The topological polar surface area (TPSA) is 109 Å². The third-order valence-electron chi connectivity index (χ3n) is 6.33. The maximum Gasteiger partial charge on any atom is 0.323 e. The number of hydrogen-bond acceptors (Lipinski definition) is 5. The molecule has 9 heteroatoms. The van der Waals surface area contributed by atoms with Crippen LogP contribution in [0.15, 0.2) is 42.5 Å². The second kappa shape index (κ2) is 10.8. The van der Waals surface area contributed by atoms with E-state index < -0.39 is 6.03 Å². The fraction of sp³-hybridized carbons (Fsp3) is 0.423. The Bertz CT molecular complexity index is 1100. The van der Waals surface area contributed by atoms with E-state index in [1.54, 1.807) is 30.1 Å². The van der Waals surface area contributed by atoms with Crippen molar-refractivity contribution in [3.63, 3.8) is 0 Å². The summed E-state index contributed by atoms with van der Waals surface area (Å²) in [5, 5.41) is 8.38. The summed E-state index contributed by atoms with van der Waals surface area (Å²) in [5.41, 5.74) is 2.58. The Morgan fingerprint density at radius 2 is 1.86 bits per heavy atom. The minimum absolute atomic E-state index is 0.0380. The van der Waals surface area contributed by atoms with Gasteiger partial charge in [-0.25, -0.2) is 4.79 Å². The van der Waals surface area contributed by atoms with Gasteiger partial charge in [0.05, 0.1) is 24.1 Å².